The van der Waals surface area contributed by atoms with E-state index in [2.05, 4.69) is 18.8 Å². The number of rotatable bonds is 14. The molecule has 1 aromatic carbocycles. The zero-order valence-corrected chi connectivity index (χ0v) is 21.8. The molecule has 2 aliphatic rings. The third-order valence-electron chi connectivity index (χ3n) is 6.99. The second-order valence-electron chi connectivity index (χ2n) is 9.49. The summed E-state index contributed by atoms with van der Waals surface area (Å²) in [5, 5.41) is 33.3. The van der Waals surface area contributed by atoms with Crippen molar-refractivity contribution in [3.8, 4) is 11.5 Å². The number of aliphatic hydroxyl groups excluding tert-OH is 3. The lowest BCUT2D eigenvalue weighted by atomic mass is 9.77. The second-order valence-corrected chi connectivity index (χ2v) is 9.49. The van der Waals surface area contributed by atoms with Crippen LogP contribution in [0.1, 0.15) is 62.5 Å². The number of unbranched alkanes of at least 4 members (excludes halogenated alkanes) is 3. The minimum atomic E-state index is -1.10. The summed E-state index contributed by atoms with van der Waals surface area (Å²) in [5.41, 5.74) is 1.56. The van der Waals surface area contributed by atoms with Gasteiger partial charge in [0.2, 0.25) is 11.8 Å². The van der Waals surface area contributed by atoms with E-state index in [-0.39, 0.29) is 32.1 Å². The number of carbonyl (C=O) groups is 2. The number of methoxy groups -OCH3 is 1. The van der Waals surface area contributed by atoms with Crippen LogP contribution < -0.4 is 14.8 Å². The Bertz CT molecular complexity index is 993. The van der Waals surface area contributed by atoms with Crippen LogP contribution in [0.5, 0.6) is 11.5 Å². The molecular weight excluding hydrogens is 476 g/mol. The van der Waals surface area contributed by atoms with E-state index in [0.717, 1.165) is 25.7 Å². The molecule has 9 nitrogen and oxygen atoms in total. The number of aliphatic hydroxyl groups is 3. The Labute approximate surface area is 218 Å². The van der Waals surface area contributed by atoms with Crippen molar-refractivity contribution < 1.29 is 34.4 Å². The molecule has 0 spiro atoms. The first-order valence-corrected chi connectivity index (χ1v) is 13.1. The highest BCUT2D eigenvalue weighted by Crippen LogP contribution is 2.51. The van der Waals surface area contributed by atoms with Gasteiger partial charge in [-0.2, -0.15) is 0 Å². The monoisotopic (exact) mass is 516 g/mol. The van der Waals surface area contributed by atoms with Gasteiger partial charge in [-0.1, -0.05) is 32.3 Å². The van der Waals surface area contributed by atoms with E-state index in [1.54, 1.807) is 29.2 Å². The predicted octanol–water partition coefficient (Wildman–Crippen LogP) is 2.19. The van der Waals surface area contributed by atoms with Crippen molar-refractivity contribution in [2.45, 2.75) is 76.2 Å². The number of nitrogens with one attached hydrogen (secondary N) is 1. The average molecular weight is 517 g/mol. The fourth-order valence-corrected chi connectivity index (χ4v) is 5.14. The molecule has 1 aliphatic carbocycles. The summed E-state index contributed by atoms with van der Waals surface area (Å²) in [4.78, 5) is 28.2. The molecule has 0 bridgehead atoms. The molecule has 0 saturated heterocycles. The van der Waals surface area contributed by atoms with Crippen LogP contribution in [0.4, 0.5) is 0 Å². The molecule has 0 unspecified atom stereocenters. The Hall–Kier alpha value is -2.88. The normalized spacial score (nSPS) is 21.8. The molecule has 37 heavy (non-hydrogen) atoms. The molecule has 4 N–H and O–H groups in total. The molecule has 0 saturated carbocycles. The maximum atomic E-state index is 13.3. The molecule has 0 aromatic heterocycles. The summed E-state index contributed by atoms with van der Waals surface area (Å²) in [7, 11) is 1.49. The van der Waals surface area contributed by atoms with Crippen molar-refractivity contribution in [2.24, 2.45) is 0 Å². The number of fused-ring (bicyclic) bond motifs is 3. The van der Waals surface area contributed by atoms with Gasteiger partial charge in [-0.3, -0.25) is 9.59 Å². The first kappa shape index (κ1) is 28.7. The summed E-state index contributed by atoms with van der Waals surface area (Å²) < 4.78 is 11.7. The van der Waals surface area contributed by atoms with Crippen molar-refractivity contribution in [2.75, 3.05) is 26.8 Å². The van der Waals surface area contributed by atoms with Gasteiger partial charge >= 0.3 is 0 Å². The first-order valence-electron chi connectivity index (χ1n) is 13.1. The van der Waals surface area contributed by atoms with Crippen LogP contribution in [-0.2, 0) is 16.2 Å². The molecule has 0 fully saturated rings. The molecule has 2 amide bonds. The Morgan fingerprint density at radius 1 is 1.24 bits per heavy atom. The molecule has 1 aliphatic heterocycles. The fourth-order valence-electron chi connectivity index (χ4n) is 5.14. The topological polar surface area (TPSA) is 129 Å². The number of amides is 2. The predicted molar refractivity (Wildman–Crippen MR) is 139 cm³/mol. The summed E-state index contributed by atoms with van der Waals surface area (Å²) >= 11 is 0. The van der Waals surface area contributed by atoms with Crippen molar-refractivity contribution in [3.63, 3.8) is 0 Å². The summed E-state index contributed by atoms with van der Waals surface area (Å²) in [5.74, 6) is -0.363. The van der Waals surface area contributed by atoms with Crippen LogP contribution in [0.25, 0.3) is 0 Å². The highest BCUT2D eigenvalue weighted by atomic mass is 16.5. The van der Waals surface area contributed by atoms with Crippen LogP contribution in [0.3, 0.4) is 0 Å². The van der Waals surface area contributed by atoms with Crippen molar-refractivity contribution in [1.29, 1.82) is 0 Å². The van der Waals surface area contributed by atoms with E-state index in [1.807, 2.05) is 0 Å². The van der Waals surface area contributed by atoms with Gasteiger partial charge in [0.25, 0.3) is 0 Å². The van der Waals surface area contributed by atoms with Crippen molar-refractivity contribution in [1.82, 2.24) is 10.2 Å². The van der Waals surface area contributed by atoms with Gasteiger partial charge in [0.05, 0.1) is 32.3 Å². The van der Waals surface area contributed by atoms with Crippen LogP contribution in [0.15, 0.2) is 36.4 Å². The van der Waals surface area contributed by atoms with E-state index in [9.17, 15) is 24.9 Å². The third kappa shape index (κ3) is 6.34. The van der Waals surface area contributed by atoms with E-state index >= 15 is 0 Å². The van der Waals surface area contributed by atoms with Crippen molar-refractivity contribution in [3.05, 3.63) is 47.6 Å². The first-order chi connectivity index (χ1) is 17.9. The molecule has 1 aromatic rings. The standard InChI is InChI=1S/C28H40N2O7/c1-4-6-8-9-12-30(23(33)10-7-5-2)21-16-20(28(35)29-11-13-31)24-19-14-18(17-32)15-22(36-3)26(19)37-27(24)25(21)34/h5,14-16,21,24-25,27,31-32,34H,2,4,6-13,17H2,1,3H3,(H,29,35)/t21-,24+,25+,27+/m1/s1. The Kier molecular flexibility index (Phi) is 10.5. The number of hydrogen-bond acceptors (Lipinski definition) is 7. The minimum Gasteiger partial charge on any atom is -0.493 e. The summed E-state index contributed by atoms with van der Waals surface area (Å²) in [6.45, 7) is 5.88. The Morgan fingerprint density at radius 2 is 2.03 bits per heavy atom. The number of allylic oxidation sites excluding steroid dienone is 1. The Balaban J connectivity index is 2.06. The van der Waals surface area contributed by atoms with E-state index in [1.165, 1.54) is 7.11 Å². The van der Waals surface area contributed by atoms with E-state index < -0.39 is 30.1 Å². The van der Waals surface area contributed by atoms with Crippen molar-refractivity contribution >= 4 is 11.8 Å². The number of hydrogen-bond donors (Lipinski definition) is 4. The minimum absolute atomic E-state index is 0.0630. The van der Waals surface area contributed by atoms with Gasteiger partial charge in [0.15, 0.2) is 11.5 Å². The zero-order chi connectivity index (χ0) is 26.9. The lowest BCUT2D eigenvalue weighted by Gasteiger charge is -2.41. The Morgan fingerprint density at radius 3 is 2.68 bits per heavy atom. The van der Waals surface area contributed by atoms with Gasteiger partial charge in [-0.15, -0.1) is 6.58 Å². The summed E-state index contributed by atoms with van der Waals surface area (Å²) in [6, 6.07) is 2.64. The van der Waals surface area contributed by atoms with Gasteiger partial charge in [0.1, 0.15) is 12.2 Å². The van der Waals surface area contributed by atoms with E-state index in [0.29, 0.717) is 41.2 Å². The van der Waals surface area contributed by atoms with Gasteiger partial charge in [0, 0.05) is 30.6 Å². The quantitative estimate of drug-likeness (QED) is 0.220. The molecule has 0 radical (unpaired) electrons. The molecular formula is C28H40N2O7. The number of ether oxygens (including phenoxy) is 2. The lowest BCUT2D eigenvalue weighted by molar-refractivity contribution is -0.137. The summed E-state index contributed by atoms with van der Waals surface area (Å²) in [6.07, 6.45) is 6.00. The smallest absolute Gasteiger partial charge is 0.247 e. The second kappa shape index (κ2) is 13.6. The third-order valence-corrected chi connectivity index (χ3v) is 6.99. The molecule has 9 heteroatoms. The average Bonchev–Trinajstić information content (AvgIpc) is 3.30. The van der Waals surface area contributed by atoms with Crippen LogP contribution >= 0.6 is 0 Å². The van der Waals surface area contributed by atoms with Gasteiger partial charge in [-0.25, -0.2) is 0 Å². The zero-order valence-electron chi connectivity index (χ0n) is 21.8. The molecule has 204 valence electrons. The molecule has 4 atom stereocenters. The number of benzene rings is 1. The molecule has 3 rings (SSSR count). The van der Waals surface area contributed by atoms with Gasteiger partial charge < -0.3 is 35.0 Å². The number of nitrogens with zero attached hydrogens (tertiary/aromatic N) is 1. The fraction of sp³-hybridized carbons (Fsp3) is 0.571. The van der Waals surface area contributed by atoms with Crippen LogP contribution in [0, 0.1) is 0 Å². The largest absolute Gasteiger partial charge is 0.493 e. The van der Waals surface area contributed by atoms with Crippen LogP contribution in [-0.4, -0.2) is 77.1 Å². The van der Waals surface area contributed by atoms with Gasteiger partial charge in [-0.05, 0) is 36.6 Å². The van der Waals surface area contributed by atoms with E-state index in [4.69, 9.17) is 9.47 Å². The molecule has 1 heterocycles. The van der Waals surface area contributed by atoms with Crippen LogP contribution in [0.2, 0.25) is 0 Å². The number of carbonyl (C=O) groups excluding carboxylic acids is 2. The lowest BCUT2D eigenvalue weighted by Crippen LogP contribution is -2.56. The maximum Gasteiger partial charge on any atom is 0.247 e. The highest BCUT2D eigenvalue weighted by Gasteiger charge is 2.51. The maximum absolute atomic E-state index is 13.3. The highest BCUT2D eigenvalue weighted by molar-refractivity contribution is 5.96. The SMILES string of the molecule is C=CCCC(=O)N(CCCCCC)[C@@H]1C=C(C(=O)NCCO)[C@@H]2c3cc(CO)cc(OC)c3O[C@@H]2[C@H]1O.